The van der Waals surface area contributed by atoms with Gasteiger partial charge in [-0.3, -0.25) is 0 Å². The van der Waals surface area contributed by atoms with Gasteiger partial charge in [-0.2, -0.15) is 0 Å². The van der Waals surface area contributed by atoms with Crippen molar-refractivity contribution in [1.29, 1.82) is 0 Å². The summed E-state index contributed by atoms with van der Waals surface area (Å²) in [7, 11) is 1.60. The highest BCUT2D eigenvalue weighted by Gasteiger charge is 2.52. The molecule has 0 spiro atoms. The number of aromatic nitrogens is 1. The molecule has 0 amide bonds. The molecular formula is C44H38N2O9S. The van der Waals surface area contributed by atoms with E-state index in [1.54, 1.807) is 98.1 Å². The number of benzene rings is 5. The number of thiazole rings is 1. The molecule has 1 N–H and O–H groups in total. The van der Waals surface area contributed by atoms with Crippen LogP contribution in [0.15, 0.2) is 151 Å². The fourth-order valence-electron chi connectivity index (χ4n) is 6.11. The Balaban J connectivity index is 1.27. The van der Waals surface area contributed by atoms with E-state index in [1.807, 2.05) is 60.0 Å². The molecule has 1 aromatic heterocycles. The van der Waals surface area contributed by atoms with Crippen LogP contribution in [0.4, 0.5) is 5.13 Å². The van der Waals surface area contributed by atoms with Gasteiger partial charge in [-0.15, -0.1) is 11.3 Å². The normalized spacial score (nSPS) is 19.0. The maximum atomic E-state index is 13.9. The molecule has 5 aromatic carbocycles. The third-order valence-electron chi connectivity index (χ3n) is 8.96. The lowest BCUT2D eigenvalue weighted by atomic mass is 9.96. The van der Waals surface area contributed by atoms with E-state index in [4.69, 9.17) is 33.4 Å². The molecule has 11 nitrogen and oxygen atoms in total. The average Bonchev–Trinajstić information content (AvgIpc) is 3.73. The van der Waals surface area contributed by atoms with Gasteiger partial charge in [-0.1, -0.05) is 97.1 Å². The SMILES string of the molecule is COc1cccc(-c2csc(N[C@H]3[C@H](OCc4ccccc4)O[C@H](COC(=O)c4ccccc4)[C@@H](OC(=O)c4ccccc4)[C@@H]3OC(=O)c3ccccc3)n2)c1. The third-order valence-corrected chi connectivity index (χ3v) is 9.73. The van der Waals surface area contributed by atoms with E-state index >= 15 is 0 Å². The molecule has 0 bridgehead atoms. The van der Waals surface area contributed by atoms with Crippen LogP contribution in [-0.2, 0) is 30.3 Å². The van der Waals surface area contributed by atoms with Gasteiger partial charge in [-0.05, 0) is 54.1 Å². The Labute approximate surface area is 327 Å². The van der Waals surface area contributed by atoms with Gasteiger partial charge in [0, 0.05) is 10.9 Å². The van der Waals surface area contributed by atoms with E-state index in [2.05, 4.69) is 5.32 Å². The molecule has 7 rings (SSSR count). The predicted octanol–water partition coefficient (Wildman–Crippen LogP) is 7.85. The maximum Gasteiger partial charge on any atom is 0.338 e. The Morgan fingerprint density at radius 2 is 1.27 bits per heavy atom. The van der Waals surface area contributed by atoms with Crippen LogP contribution in [0, 0.1) is 0 Å². The van der Waals surface area contributed by atoms with Crippen molar-refractivity contribution in [3.05, 3.63) is 173 Å². The van der Waals surface area contributed by atoms with Crippen LogP contribution in [0.25, 0.3) is 11.3 Å². The topological polar surface area (TPSA) is 132 Å². The minimum Gasteiger partial charge on any atom is -0.497 e. The quantitative estimate of drug-likeness (QED) is 0.0858. The van der Waals surface area contributed by atoms with E-state index in [-0.39, 0.29) is 24.3 Å². The summed E-state index contributed by atoms with van der Waals surface area (Å²) in [5, 5.41) is 5.73. The van der Waals surface area contributed by atoms with Crippen molar-refractivity contribution in [3.8, 4) is 17.0 Å². The summed E-state index contributed by atoms with van der Waals surface area (Å²) in [6, 6.07) is 41.4. The van der Waals surface area contributed by atoms with E-state index in [0.29, 0.717) is 22.1 Å². The number of hydrogen-bond donors (Lipinski definition) is 1. The Kier molecular flexibility index (Phi) is 12.4. The summed E-state index contributed by atoms with van der Waals surface area (Å²) in [6.07, 6.45) is -4.84. The van der Waals surface area contributed by atoms with Crippen molar-refractivity contribution < 1.29 is 42.8 Å². The molecule has 6 aromatic rings. The minimum absolute atomic E-state index is 0.112. The molecule has 0 unspecified atom stereocenters. The van der Waals surface area contributed by atoms with Crippen LogP contribution in [0.5, 0.6) is 5.75 Å². The molecule has 1 fully saturated rings. The van der Waals surface area contributed by atoms with Crippen LogP contribution >= 0.6 is 11.3 Å². The Morgan fingerprint density at radius 1 is 0.696 bits per heavy atom. The summed E-state index contributed by atoms with van der Waals surface area (Å²) in [4.78, 5) is 45.8. The molecular weight excluding hydrogens is 733 g/mol. The first-order valence-corrected chi connectivity index (χ1v) is 18.7. The Morgan fingerprint density at radius 3 is 1.88 bits per heavy atom. The van der Waals surface area contributed by atoms with Crippen molar-refractivity contribution in [3.63, 3.8) is 0 Å². The minimum atomic E-state index is -1.30. The number of anilines is 1. The van der Waals surface area contributed by atoms with Crippen molar-refractivity contribution in [2.45, 2.75) is 37.3 Å². The number of hydrogen-bond acceptors (Lipinski definition) is 12. The van der Waals surface area contributed by atoms with Crippen molar-refractivity contribution >= 4 is 34.4 Å². The molecule has 0 radical (unpaired) electrons. The first kappa shape index (κ1) is 38.0. The zero-order valence-electron chi connectivity index (χ0n) is 30.3. The number of nitrogens with zero attached hydrogens (tertiary/aromatic N) is 1. The number of carbonyl (C=O) groups is 3. The zero-order valence-corrected chi connectivity index (χ0v) is 31.1. The number of ether oxygens (including phenoxy) is 6. The molecule has 12 heteroatoms. The van der Waals surface area contributed by atoms with E-state index in [9.17, 15) is 14.4 Å². The highest BCUT2D eigenvalue weighted by Crippen LogP contribution is 2.34. The molecule has 0 aliphatic carbocycles. The van der Waals surface area contributed by atoms with E-state index < -0.39 is 48.6 Å². The molecule has 0 saturated carbocycles. The fraction of sp³-hybridized carbons (Fsp3) is 0.182. The standard InChI is InChI=1S/C44H38N2O9S/c1-50-34-24-14-23-33(25-34)35-28-56-44(45-35)46-37-39(55-42(49)32-21-12-5-13-22-32)38(54-41(48)31-19-10-4-11-20-31)36(27-51-40(47)30-17-8-3-9-18-30)53-43(37)52-26-29-15-6-2-7-16-29/h2-25,28,36-39,43H,26-27H2,1H3,(H,45,46)/t36-,37-,38-,39-,43-/m1/s1. The van der Waals surface area contributed by atoms with Gasteiger partial charge >= 0.3 is 17.9 Å². The van der Waals surface area contributed by atoms with Crippen molar-refractivity contribution in [2.75, 3.05) is 19.0 Å². The highest BCUT2D eigenvalue weighted by molar-refractivity contribution is 7.14. The number of carbonyl (C=O) groups excluding carboxylic acids is 3. The van der Waals surface area contributed by atoms with Crippen LogP contribution in [-0.4, -0.2) is 67.3 Å². The van der Waals surface area contributed by atoms with Gasteiger partial charge in [0.2, 0.25) is 0 Å². The third kappa shape index (κ3) is 9.47. The highest BCUT2D eigenvalue weighted by atomic mass is 32.1. The van der Waals surface area contributed by atoms with Gasteiger partial charge in [0.15, 0.2) is 23.6 Å². The van der Waals surface area contributed by atoms with Crippen LogP contribution < -0.4 is 10.1 Å². The van der Waals surface area contributed by atoms with Gasteiger partial charge in [0.25, 0.3) is 0 Å². The zero-order chi connectivity index (χ0) is 38.7. The Hall–Kier alpha value is -6.34. The van der Waals surface area contributed by atoms with Gasteiger partial charge in [0.1, 0.15) is 24.5 Å². The second kappa shape index (κ2) is 18.3. The molecule has 284 valence electrons. The first-order chi connectivity index (χ1) is 27.4. The molecule has 56 heavy (non-hydrogen) atoms. The molecule has 1 saturated heterocycles. The predicted molar refractivity (Wildman–Crippen MR) is 209 cm³/mol. The average molecular weight is 771 g/mol. The summed E-state index contributed by atoms with van der Waals surface area (Å²) in [6.45, 7) is -0.254. The fourth-order valence-corrected chi connectivity index (χ4v) is 6.88. The largest absolute Gasteiger partial charge is 0.497 e. The monoisotopic (exact) mass is 770 g/mol. The number of methoxy groups -OCH3 is 1. The second-order valence-electron chi connectivity index (χ2n) is 12.7. The molecule has 1 aliphatic heterocycles. The first-order valence-electron chi connectivity index (χ1n) is 17.9. The summed E-state index contributed by atoms with van der Waals surface area (Å²) >= 11 is 1.32. The van der Waals surface area contributed by atoms with Crippen LogP contribution in [0.1, 0.15) is 36.6 Å². The van der Waals surface area contributed by atoms with Crippen LogP contribution in [0.2, 0.25) is 0 Å². The summed E-state index contributed by atoms with van der Waals surface area (Å²) in [5.74, 6) is -1.32. The van der Waals surface area contributed by atoms with Gasteiger partial charge < -0.3 is 33.7 Å². The lowest BCUT2D eigenvalue weighted by Gasteiger charge is -2.45. The Bertz CT molecular complexity index is 2200. The number of nitrogens with one attached hydrogen (secondary N) is 1. The smallest absolute Gasteiger partial charge is 0.338 e. The number of esters is 3. The molecule has 2 heterocycles. The van der Waals surface area contributed by atoms with Crippen LogP contribution in [0.3, 0.4) is 0 Å². The lowest BCUT2D eigenvalue weighted by molar-refractivity contribution is -0.264. The second-order valence-corrected chi connectivity index (χ2v) is 13.6. The van der Waals surface area contributed by atoms with Crippen molar-refractivity contribution in [1.82, 2.24) is 4.98 Å². The number of rotatable bonds is 14. The summed E-state index contributed by atoms with van der Waals surface area (Å²) in [5.41, 5.74) is 3.20. The van der Waals surface area contributed by atoms with Crippen molar-refractivity contribution in [2.24, 2.45) is 0 Å². The van der Waals surface area contributed by atoms with Gasteiger partial charge in [-0.25, -0.2) is 19.4 Å². The lowest BCUT2D eigenvalue weighted by Crippen LogP contribution is -2.64. The van der Waals surface area contributed by atoms with E-state index in [0.717, 1.165) is 11.1 Å². The maximum absolute atomic E-state index is 13.9. The summed E-state index contributed by atoms with van der Waals surface area (Å²) < 4.78 is 36.8. The molecule has 1 aliphatic rings. The van der Waals surface area contributed by atoms with E-state index in [1.165, 1.54) is 11.3 Å². The molecule has 5 atom stereocenters. The van der Waals surface area contributed by atoms with Gasteiger partial charge in [0.05, 0.1) is 36.1 Å².